The number of hydrogen-bond donors (Lipinski definition) is 2. The third-order valence-corrected chi connectivity index (χ3v) is 3.90. The van der Waals surface area contributed by atoms with Crippen LogP contribution in [-0.4, -0.2) is 4.98 Å². The summed E-state index contributed by atoms with van der Waals surface area (Å²) < 4.78 is 0. The van der Waals surface area contributed by atoms with Crippen LogP contribution in [0.25, 0.3) is 0 Å². The number of hydrogen-bond acceptors (Lipinski definition) is 4. The molecule has 0 atom stereocenters. The molecule has 17 heavy (non-hydrogen) atoms. The molecule has 3 nitrogen and oxygen atoms in total. The van der Waals surface area contributed by atoms with Crippen LogP contribution >= 0.6 is 11.3 Å². The number of benzene rings is 1. The van der Waals surface area contributed by atoms with Crippen molar-refractivity contribution in [3.63, 3.8) is 0 Å². The minimum Gasteiger partial charge on any atom is -0.389 e. The zero-order valence-electron chi connectivity index (χ0n) is 9.57. The summed E-state index contributed by atoms with van der Waals surface area (Å²) in [5.41, 5.74) is 9.81. The van der Waals surface area contributed by atoms with Gasteiger partial charge in [-0.1, -0.05) is 23.5 Å². The second-order valence-electron chi connectivity index (χ2n) is 4.34. The Balaban J connectivity index is 1.92. The Bertz CT molecular complexity index is 533. The van der Waals surface area contributed by atoms with Gasteiger partial charge in [0, 0.05) is 5.69 Å². The highest BCUT2D eigenvalue weighted by Gasteiger charge is 2.13. The van der Waals surface area contributed by atoms with Gasteiger partial charge in [-0.3, -0.25) is 0 Å². The molecular weight excluding hydrogens is 230 g/mol. The second-order valence-corrected chi connectivity index (χ2v) is 5.41. The summed E-state index contributed by atoms with van der Waals surface area (Å²) in [7, 11) is 0. The molecule has 2 aromatic rings. The Hall–Kier alpha value is -1.55. The van der Waals surface area contributed by atoms with Crippen LogP contribution in [-0.2, 0) is 12.8 Å². The van der Waals surface area contributed by atoms with Crippen LogP contribution in [0.5, 0.6) is 0 Å². The van der Waals surface area contributed by atoms with Gasteiger partial charge in [0.15, 0.2) is 5.13 Å². The maximum absolute atomic E-state index is 5.69. The molecule has 88 valence electrons. The van der Waals surface area contributed by atoms with Crippen molar-refractivity contribution in [2.45, 2.75) is 25.7 Å². The van der Waals surface area contributed by atoms with Gasteiger partial charge >= 0.3 is 0 Å². The minimum atomic E-state index is 0.747. The number of nitrogens with zero attached hydrogens (tertiary/aromatic N) is 1. The van der Waals surface area contributed by atoms with E-state index in [1.54, 1.807) is 6.20 Å². The summed E-state index contributed by atoms with van der Waals surface area (Å²) >= 11 is 1.49. The SMILES string of the molecule is Nc1cnc(Nc2cccc3c2CCCC3)s1. The van der Waals surface area contributed by atoms with Crippen LogP contribution < -0.4 is 11.1 Å². The van der Waals surface area contributed by atoms with E-state index >= 15 is 0 Å². The Kier molecular flexibility index (Phi) is 2.73. The first-order valence-corrected chi connectivity index (χ1v) is 6.74. The largest absolute Gasteiger partial charge is 0.389 e. The molecule has 0 saturated heterocycles. The normalized spacial score (nSPS) is 14.4. The lowest BCUT2D eigenvalue weighted by atomic mass is 9.90. The predicted octanol–water partition coefficient (Wildman–Crippen LogP) is 3.35. The third-order valence-electron chi connectivity index (χ3n) is 3.16. The summed E-state index contributed by atoms with van der Waals surface area (Å²) in [5.74, 6) is 0. The molecule has 0 radical (unpaired) electrons. The molecule has 0 saturated carbocycles. The summed E-state index contributed by atoms with van der Waals surface area (Å²) in [6, 6.07) is 6.47. The van der Waals surface area contributed by atoms with Gasteiger partial charge in [0.2, 0.25) is 0 Å². The van der Waals surface area contributed by atoms with Crippen molar-refractivity contribution in [2.24, 2.45) is 0 Å². The van der Waals surface area contributed by atoms with Crippen LogP contribution in [0.1, 0.15) is 24.0 Å². The maximum atomic E-state index is 5.69. The first-order chi connectivity index (χ1) is 8.33. The van der Waals surface area contributed by atoms with Crippen LogP contribution in [0.3, 0.4) is 0 Å². The van der Waals surface area contributed by atoms with E-state index in [9.17, 15) is 0 Å². The zero-order valence-corrected chi connectivity index (χ0v) is 10.4. The average Bonchev–Trinajstić information content (AvgIpc) is 2.75. The fourth-order valence-electron chi connectivity index (χ4n) is 2.36. The molecule has 0 bridgehead atoms. The number of anilines is 3. The quantitative estimate of drug-likeness (QED) is 0.853. The van der Waals surface area contributed by atoms with Crippen LogP contribution in [0, 0.1) is 0 Å². The standard InChI is InChI=1S/C13H15N3S/c14-12-8-15-13(17-12)16-11-7-3-5-9-4-1-2-6-10(9)11/h3,5,7-8H,1-2,4,6,14H2,(H,15,16). The highest BCUT2D eigenvalue weighted by atomic mass is 32.1. The second kappa shape index (κ2) is 4.37. The Morgan fingerprint density at radius 3 is 2.94 bits per heavy atom. The molecule has 1 aromatic carbocycles. The van der Waals surface area contributed by atoms with Crippen molar-refractivity contribution in [3.8, 4) is 0 Å². The van der Waals surface area contributed by atoms with Gasteiger partial charge in [0.1, 0.15) is 5.00 Å². The zero-order chi connectivity index (χ0) is 11.7. The van der Waals surface area contributed by atoms with Gasteiger partial charge < -0.3 is 11.1 Å². The van der Waals surface area contributed by atoms with E-state index in [2.05, 4.69) is 28.5 Å². The van der Waals surface area contributed by atoms with Gasteiger partial charge in [-0.05, 0) is 42.9 Å². The van der Waals surface area contributed by atoms with E-state index in [0.29, 0.717) is 0 Å². The number of rotatable bonds is 2. The number of nitrogens with one attached hydrogen (secondary N) is 1. The van der Waals surface area contributed by atoms with E-state index in [4.69, 9.17) is 5.73 Å². The Morgan fingerprint density at radius 1 is 1.24 bits per heavy atom. The number of nitrogens with two attached hydrogens (primary N) is 1. The minimum absolute atomic E-state index is 0.747. The molecule has 0 unspecified atom stereocenters. The summed E-state index contributed by atoms with van der Waals surface area (Å²) in [6.07, 6.45) is 6.65. The monoisotopic (exact) mass is 245 g/mol. The number of nitrogen functional groups attached to an aromatic ring is 1. The number of thiazole rings is 1. The average molecular weight is 245 g/mol. The van der Waals surface area contributed by atoms with Gasteiger partial charge in [-0.15, -0.1) is 0 Å². The van der Waals surface area contributed by atoms with Gasteiger partial charge in [-0.2, -0.15) is 0 Å². The molecule has 0 amide bonds. The lowest BCUT2D eigenvalue weighted by molar-refractivity contribution is 0.687. The molecule has 0 fully saturated rings. The van der Waals surface area contributed by atoms with Crippen LogP contribution in [0.15, 0.2) is 24.4 Å². The van der Waals surface area contributed by atoms with E-state index in [1.165, 1.54) is 53.8 Å². The summed E-state index contributed by atoms with van der Waals surface area (Å²) in [6.45, 7) is 0. The molecule has 0 aliphatic heterocycles. The fourth-order valence-corrected chi connectivity index (χ4v) is 2.95. The molecule has 1 heterocycles. The Labute approximate surface area is 105 Å². The summed E-state index contributed by atoms with van der Waals surface area (Å²) in [5, 5.41) is 5.00. The fraction of sp³-hybridized carbons (Fsp3) is 0.308. The van der Waals surface area contributed by atoms with Crippen LogP contribution in [0.2, 0.25) is 0 Å². The van der Waals surface area contributed by atoms with Gasteiger partial charge in [0.25, 0.3) is 0 Å². The maximum Gasteiger partial charge on any atom is 0.189 e. The smallest absolute Gasteiger partial charge is 0.189 e. The number of aryl methyl sites for hydroxylation is 1. The molecule has 4 heteroatoms. The van der Waals surface area contributed by atoms with Crippen LogP contribution in [0.4, 0.5) is 15.8 Å². The molecule has 0 spiro atoms. The first-order valence-electron chi connectivity index (χ1n) is 5.92. The molecule has 3 rings (SSSR count). The molecule has 1 aliphatic rings. The van der Waals surface area contributed by atoms with E-state index in [1.807, 2.05) is 0 Å². The van der Waals surface area contributed by atoms with Crippen molar-refractivity contribution in [1.29, 1.82) is 0 Å². The topological polar surface area (TPSA) is 50.9 Å². The lowest BCUT2D eigenvalue weighted by Crippen LogP contribution is -2.05. The third kappa shape index (κ3) is 2.13. The van der Waals surface area contributed by atoms with E-state index in [0.717, 1.165) is 10.1 Å². The van der Waals surface area contributed by atoms with Gasteiger partial charge in [-0.25, -0.2) is 4.98 Å². The predicted molar refractivity (Wildman–Crippen MR) is 72.9 cm³/mol. The number of fused-ring (bicyclic) bond motifs is 1. The molecule has 1 aromatic heterocycles. The highest BCUT2D eigenvalue weighted by molar-refractivity contribution is 7.19. The first kappa shape index (κ1) is 10.6. The summed E-state index contributed by atoms with van der Waals surface area (Å²) in [4.78, 5) is 4.24. The van der Waals surface area contributed by atoms with Gasteiger partial charge in [0.05, 0.1) is 6.20 Å². The van der Waals surface area contributed by atoms with Crippen molar-refractivity contribution in [3.05, 3.63) is 35.5 Å². The molecule has 1 aliphatic carbocycles. The lowest BCUT2D eigenvalue weighted by Gasteiger charge is -2.19. The van der Waals surface area contributed by atoms with Crippen molar-refractivity contribution in [2.75, 3.05) is 11.1 Å². The van der Waals surface area contributed by atoms with Crippen molar-refractivity contribution < 1.29 is 0 Å². The van der Waals surface area contributed by atoms with E-state index < -0.39 is 0 Å². The number of aromatic nitrogens is 1. The highest BCUT2D eigenvalue weighted by Crippen LogP contribution is 2.31. The van der Waals surface area contributed by atoms with Crippen molar-refractivity contribution >= 4 is 27.2 Å². The van der Waals surface area contributed by atoms with E-state index in [-0.39, 0.29) is 0 Å². The molecular formula is C13H15N3S. The molecule has 3 N–H and O–H groups in total. The Morgan fingerprint density at radius 2 is 2.12 bits per heavy atom. The van der Waals surface area contributed by atoms with Crippen molar-refractivity contribution in [1.82, 2.24) is 4.98 Å².